The van der Waals surface area contributed by atoms with E-state index in [2.05, 4.69) is 12.0 Å². The van der Waals surface area contributed by atoms with E-state index < -0.39 is 0 Å². The molecule has 1 rings (SSSR count). The van der Waals surface area contributed by atoms with Crippen LogP contribution in [0, 0.1) is 6.92 Å². The van der Waals surface area contributed by atoms with Gasteiger partial charge in [0.2, 0.25) is 0 Å². The van der Waals surface area contributed by atoms with E-state index in [1.807, 2.05) is 24.7 Å². The van der Waals surface area contributed by atoms with E-state index in [1.54, 1.807) is 0 Å². The summed E-state index contributed by atoms with van der Waals surface area (Å²) in [7, 11) is 0. The quantitative estimate of drug-likeness (QED) is 0.743. The van der Waals surface area contributed by atoms with Gasteiger partial charge >= 0.3 is 0 Å². The fourth-order valence-corrected chi connectivity index (χ4v) is 1.32. The lowest BCUT2D eigenvalue weighted by molar-refractivity contribution is 0.597. The van der Waals surface area contributed by atoms with Gasteiger partial charge in [0.25, 0.3) is 0 Å². The zero-order chi connectivity index (χ0) is 9.14. The Hall–Kier alpha value is -0.830. The number of nitrogens with zero attached hydrogens (tertiary/aromatic N) is 2. The third-order valence-electron chi connectivity index (χ3n) is 1.93. The molecule has 68 valence electrons. The van der Waals surface area contributed by atoms with E-state index in [0.29, 0.717) is 0 Å². The van der Waals surface area contributed by atoms with Crippen LogP contribution in [0.1, 0.15) is 37.6 Å². The van der Waals surface area contributed by atoms with Gasteiger partial charge in [0.15, 0.2) is 0 Å². The SMILES string of the molecule is CCCn1cc(C(C)N)c(C)n1. The summed E-state index contributed by atoms with van der Waals surface area (Å²) in [4.78, 5) is 0. The predicted molar refractivity (Wildman–Crippen MR) is 49.9 cm³/mol. The molecule has 3 heteroatoms. The Bertz CT molecular complexity index is 250. The highest BCUT2D eigenvalue weighted by molar-refractivity contribution is 5.18. The Morgan fingerprint density at radius 1 is 1.67 bits per heavy atom. The first-order chi connectivity index (χ1) is 5.65. The molecule has 1 aromatic rings. The van der Waals surface area contributed by atoms with E-state index in [-0.39, 0.29) is 6.04 Å². The average molecular weight is 167 g/mol. The van der Waals surface area contributed by atoms with Crippen molar-refractivity contribution < 1.29 is 0 Å². The number of aromatic nitrogens is 2. The predicted octanol–water partition coefficient (Wildman–Crippen LogP) is 1.62. The van der Waals surface area contributed by atoms with Crippen LogP contribution >= 0.6 is 0 Å². The van der Waals surface area contributed by atoms with E-state index in [0.717, 1.165) is 24.2 Å². The molecule has 0 amide bonds. The van der Waals surface area contributed by atoms with Crippen molar-refractivity contribution in [1.29, 1.82) is 0 Å². The third kappa shape index (κ3) is 1.85. The second kappa shape index (κ2) is 3.72. The maximum Gasteiger partial charge on any atom is 0.0641 e. The first-order valence-corrected chi connectivity index (χ1v) is 4.44. The molecular weight excluding hydrogens is 150 g/mol. The van der Waals surface area contributed by atoms with Gasteiger partial charge in [-0.15, -0.1) is 0 Å². The van der Waals surface area contributed by atoms with Gasteiger partial charge in [0.05, 0.1) is 5.69 Å². The smallest absolute Gasteiger partial charge is 0.0641 e. The molecule has 0 spiro atoms. The van der Waals surface area contributed by atoms with Crippen molar-refractivity contribution in [2.75, 3.05) is 0 Å². The molecule has 2 N–H and O–H groups in total. The summed E-state index contributed by atoms with van der Waals surface area (Å²) in [6.07, 6.45) is 3.16. The van der Waals surface area contributed by atoms with Crippen LogP contribution in [-0.4, -0.2) is 9.78 Å². The highest BCUT2D eigenvalue weighted by Crippen LogP contribution is 2.13. The Labute approximate surface area is 73.6 Å². The van der Waals surface area contributed by atoms with Crippen molar-refractivity contribution in [2.24, 2.45) is 5.73 Å². The van der Waals surface area contributed by atoms with Crippen molar-refractivity contribution in [1.82, 2.24) is 9.78 Å². The van der Waals surface area contributed by atoms with Gasteiger partial charge in [-0.2, -0.15) is 5.10 Å². The van der Waals surface area contributed by atoms with Crippen LogP contribution < -0.4 is 5.73 Å². The van der Waals surface area contributed by atoms with Crippen LogP contribution in [0.25, 0.3) is 0 Å². The van der Waals surface area contributed by atoms with E-state index in [9.17, 15) is 0 Å². The maximum absolute atomic E-state index is 5.77. The number of aryl methyl sites for hydroxylation is 2. The first-order valence-electron chi connectivity index (χ1n) is 4.44. The van der Waals surface area contributed by atoms with Crippen molar-refractivity contribution in [2.45, 2.75) is 39.8 Å². The van der Waals surface area contributed by atoms with Crippen LogP contribution in [0.2, 0.25) is 0 Å². The number of hydrogen-bond acceptors (Lipinski definition) is 2. The summed E-state index contributed by atoms with van der Waals surface area (Å²) in [5, 5.41) is 4.36. The van der Waals surface area contributed by atoms with Crippen LogP contribution in [-0.2, 0) is 6.54 Å². The number of hydrogen-bond donors (Lipinski definition) is 1. The van der Waals surface area contributed by atoms with Crippen molar-refractivity contribution in [3.8, 4) is 0 Å². The molecule has 0 aliphatic rings. The van der Waals surface area contributed by atoms with Crippen LogP contribution in [0.15, 0.2) is 6.20 Å². The molecule has 0 bridgehead atoms. The summed E-state index contributed by atoms with van der Waals surface area (Å²) in [6.45, 7) is 7.11. The van der Waals surface area contributed by atoms with Gasteiger partial charge < -0.3 is 5.73 Å². The molecule has 0 saturated carbocycles. The van der Waals surface area contributed by atoms with E-state index >= 15 is 0 Å². The fraction of sp³-hybridized carbons (Fsp3) is 0.667. The third-order valence-corrected chi connectivity index (χ3v) is 1.93. The van der Waals surface area contributed by atoms with E-state index in [1.165, 1.54) is 0 Å². The topological polar surface area (TPSA) is 43.8 Å². The van der Waals surface area contributed by atoms with Crippen molar-refractivity contribution >= 4 is 0 Å². The molecule has 12 heavy (non-hydrogen) atoms. The summed E-state index contributed by atoms with van der Waals surface area (Å²) in [5.74, 6) is 0. The minimum absolute atomic E-state index is 0.0932. The first kappa shape index (κ1) is 9.26. The lowest BCUT2D eigenvalue weighted by atomic mass is 10.1. The molecule has 1 heterocycles. The Morgan fingerprint density at radius 3 is 2.75 bits per heavy atom. The van der Waals surface area contributed by atoms with E-state index in [4.69, 9.17) is 5.73 Å². The number of rotatable bonds is 3. The van der Waals surface area contributed by atoms with Crippen LogP contribution in [0.3, 0.4) is 0 Å². The Kier molecular flexibility index (Phi) is 2.87. The summed E-state index contributed by atoms with van der Waals surface area (Å²) in [5.41, 5.74) is 7.98. The molecule has 0 aromatic carbocycles. The van der Waals surface area contributed by atoms with Gasteiger partial charge in [0.1, 0.15) is 0 Å². The minimum Gasteiger partial charge on any atom is -0.324 e. The summed E-state index contributed by atoms with van der Waals surface area (Å²) < 4.78 is 1.97. The van der Waals surface area contributed by atoms with Crippen molar-refractivity contribution in [3.05, 3.63) is 17.5 Å². The average Bonchev–Trinajstić information content (AvgIpc) is 2.32. The minimum atomic E-state index is 0.0932. The van der Waals surface area contributed by atoms with Gasteiger partial charge in [-0.3, -0.25) is 4.68 Å². The van der Waals surface area contributed by atoms with Gasteiger partial charge in [-0.25, -0.2) is 0 Å². The second-order valence-corrected chi connectivity index (χ2v) is 3.22. The molecule has 3 nitrogen and oxygen atoms in total. The molecule has 0 aliphatic heterocycles. The fourth-order valence-electron chi connectivity index (χ4n) is 1.32. The molecular formula is C9H17N3. The summed E-state index contributed by atoms with van der Waals surface area (Å²) >= 11 is 0. The number of nitrogens with two attached hydrogens (primary N) is 1. The normalized spacial score (nSPS) is 13.3. The lowest BCUT2D eigenvalue weighted by Crippen LogP contribution is -2.05. The van der Waals surface area contributed by atoms with Gasteiger partial charge in [0, 0.05) is 24.3 Å². The summed E-state index contributed by atoms with van der Waals surface area (Å²) in [6, 6.07) is 0.0932. The molecule has 0 fully saturated rings. The van der Waals surface area contributed by atoms with Crippen LogP contribution in [0.5, 0.6) is 0 Å². The largest absolute Gasteiger partial charge is 0.324 e. The zero-order valence-electron chi connectivity index (χ0n) is 8.04. The molecule has 1 atom stereocenters. The van der Waals surface area contributed by atoms with Crippen LogP contribution in [0.4, 0.5) is 0 Å². The van der Waals surface area contributed by atoms with Gasteiger partial charge in [-0.05, 0) is 20.3 Å². The highest BCUT2D eigenvalue weighted by atomic mass is 15.3. The molecule has 1 unspecified atom stereocenters. The monoisotopic (exact) mass is 167 g/mol. The maximum atomic E-state index is 5.77. The molecule has 0 radical (unpaired) electrons. The molecule has 0 aliphatic carbocycles. The molecule has 1 aromatic heterocycles. The Balaban J connectivity index is 2.85. The van der Waals surface area contributed by atoms with Gasteiger partial charge in [-0.1, -0.05) is 6.92 Å². The van der Waals surface area contributed by atoms with Crippen molar-refractivity contribution in [3.63, 3.8) is 0 Å². The highest BCUT2D eigenvalue weighted by Gasteiger charge is 2.07. The zero-order valence-corrected chi connectivity index (χ0v) is 8.04. The molecule has 0 saturated heterocycles. The lowest BCUT2D eigenvalue weighted by Gasteiger charge is -2.00. The Morgan fingerprint density at radius 2 is 2.33 bits per heavy atom. The standard InChI is InChI=1S/C9H17N3/c1-4-5-12-6-9(7(2)10)8(3)11-12/h6-7H,4-5,10H2,1-3H3. The second-order valence-electron chi connectivity index (χ2n) is 3.22.